The summed E-state index contributed by atoms with van der Waals surface area (Å²) in [5, 5.41) is 11.0. The monoisotopic (exact) mass is 368 g/mol. The lowest BCUT2D eigenvalue weighted by atomic mass is 9.60. The van der Waals surface area contributed by atoms with Crippen molar-refractivity contribution in [2.24, 2.45) is 17.3 Å². The van der Waals surface area contributed by atoms with E-state index < -0.39 is 5.60 Å². The minimum atomic E-state index is -0.517. The van der Waals surface area contributed by atoms with Crippen molar-refractivity contribution in [2.45, 2.75) is 83.6 Å². The van der Waals surface area contributed by atoms with E-state index in [0.29, 0.717) is 16.7 Å². The highest BCUT2D eigenvalue weighted by molar-refractivity contribution is 9.09. The highest BCUT2D eigenvalue weighted by Crippen LogP contribution is 2.60. The van der Waals surface area contributed by atoms with E-state index in [4.69, 9.17) is 0 Å². The lowest BCUT2D eigenvalue weighted by Gasteiger charge is -2.50. The topological polar surface area (TPSA) is 20.2 Å². The summed E-state index contributed by atoms with van der Waals surface area (Å²) in [6.07, 6.45) is 11.5. The van der Waals surface area contributed by atoms with Crippen LogP contribution in [0.1, 0.15) is 73.1 Å². The van der Waals surface area contributed by atoms with Crippen LogP contribution in [-0.2, 0) is 0 Å². The number of hydrogen-bond acceptors (Lipinski definition) is 1. The van der Waals surface area contributed by atoms with Crippen LogP contribution in [0.15, 0.2) is 23.3 Å². The Balaban J connectivity index is 2.13. The van der Waals surface area contributed by atoms with E-state index in [0.717, 1.165) is 25.7 Å². The van der Waals surface area contributed by atoms with E-state index in [2.05, 4.69) is 62.7 Å². The molecule has 2 fully saturated rings. The molecule has 2 aliphatic carbocycles. The second kappa shape index (κ2) is 6.81. The van der Waals surface area contributed by atoms with Gasteiger partial charge in [-0.15, -0.1) is 0 Å². The molecule has 126 valence electrons. The average molecular weight is 369 g/mol. The summed E-state index contributed by atoms with van der Waals surface area (Å²) in [6.45, 7) is 11.0. The van der Waals surface area contributed by atoms with Crippen molar-refractivity contribution in [1.29, 1.82) is 0 Å². The van der Waals surface area contributed by atoms with Crippen LogP contribution in [0.2, 0.25) is 0 Å². The zero-order valence-electron chi connectivity index (χ0n) is 15.0. The van der Waals surface area contributed by atoms with E-state index in [1.54, 1.807) is 0 Å². The lowest BCUT2D eigenvalue weighted by Crippen LogP contribution is -2.52. The van der Waals surface area contributed by atoms with E-state index in [-0.39, 0.29) is 5.41 Å². The van der Waals surface area contributed by atoms with Gasteiger partial charge in [0.2, 0.25) is 0 Å². The molecule has 0 aromatic rings. The van der Waals surface area contributed by atoms with Gasteiger partial charge < -0.3 is 5.11 Å². The number of alkyl halides is 1. The zero-order chi connectivity index (χ0) is 16.5. The van der Waals surface area contributed by atoms with Crippen LogP contribution in [-0.4, -0.2) is 15.5 Å². The maximum Gasteiger partial charge on any atom is 0.0659 e. The Morgan fingerprint density at radius 3 is 2.50 bits per heavy atom. The van der Waals surface area contributed by atoms with Crippen molar-refractivity contribution < 1.29 is 5.11 Å². The van der Waals surface area contributed by atoms with Crippen molar-refractivity contribution >= 4 is 15.9 Å². The molecule has 0 aromatic carbocycles. The van der Waals surface area contributed by atoms with Gasteiger partial charge in [0.05, 0.1) is 5.60 Å². The van der Waals surface area contributed by atoms with Crippen molar-refractivity contribution in [1.82, 2.24) is 0 Å². The molecule has 0 spiro atoms. The predicted octanol–water partition coefficient (Wildman–Crippen LogP) is 6.02. The van der Waals surface area contributed by atoms with Crippen LogP contribution >= 0.6 is 15.9 Å². The number of halogens is 1. The molecular formula is C20H33BrO. The Hall–Kier alpha value is -0.0800. The van der Waals surface area contributed by atoms with E-state index in [1.165, 1.54) is 24.0 Å². The standard InChI is InChI=1S/C20H33BrO/c1-14(2)7-6-8-15(3)13-16-9-11-19(4)17(21)10-12-20(5,22)18(16)19/h7,13,16-18,22H,6,8-12H2,1-5H3/b15-13+/t16-,17-,18-,19+,20+/m0/s1. The maximum atomic E-state index is 11.0. The molecule has 0 amide bonds. The molecule has 22 heavy (non-hydrogen) atoms. The van der Waals surface area contributed by atoms with Gasteiger partial charge in [-0.25, -0.2) is 0 Å². The summed E-state index contributed by atoms with van der Waals surface area (Å²) >= 11 is 3.92. The van der Waals surface area contributed by atoms with Gasteiger partial charge in [-0.05, 0) is 77.6 Å². The van der Waals surface area contributed by atoms with Crippen LogP contribution in [0.3, 0.4) is 0 Å². The van der Waals surface area contributed by atoms with Gasteiger partial charge in [0.1, 0.15) is 0 Å². The molecule has 0 unspecified atom stereocenters. The minimum absolute atomic E-state index is 0.239. The van der Waals surface area contributed by atoms with Crippen molar-refractivity contribution in [3.05, 3.63) is 23.3 Å². The second-order valence-corrected chi connectivity index (χ2v) is 9.49. The van der Waals surface area contributed by atoms with Crippen LogP contribution in [0, 0.1) is 17.3 Å². The van der Waals surface area contributed by atoms with Gasteiger partial charge in [0, 0.05) is 10.7 Å². The van der Waals surface area contributed by atoms with Crippen molar-refractivity contribution in [2.75, 3.05) is 0 Å². The first-order valence-corrected chi connectivity index (χ1v) is 9.75. The van der Waals surface area contributed by atoms with Crippen molar-refractivity contribution in [3.63, 3.8) is 0 Å². The molecule has 2 heteroatoms. The van der Waals surface area contributed by atoms with E-state index in [1.807, 2.05) is 0 Å². The van der Waals surface area contributed by atoms with Gasteiger partial charge in [0.25, 0.3) is 0 Å². The first kappa shape index (κ1) is 18.3. The highest BCUT2D eigenvalue weighted by atomic mass is 79.9. The Morgan fingerprint density at radius 2 is 1.86 bits per heavy atom. The molecule has 2 saturated carbocycles. The molecule has 0 bridgehead atoms. The van der Waals surface area contributed by atoms with Gasteiger partial charge in [0.15, 0.2) is 0 Å². The molecule has 0 heterocycles. The molecule has 0 saturated heterocycles. The fraction of sp³-hybridized carbons (Fsp3) is 0.800. The van der Waals surface area contributed by atoms with Gasteiger partial charge >= 0.3 is 0 Å². The molecule has 0 aliphatic heterocycles. The van der Waals surface area contributed by atoms with Crippen LogP contribution in [0.25, 0.3) is 0 Å². The molecule has 2 aliphatic rings. The quantitative estimate of drug-likeness (QED) is 0.475. The molecule has 0 aromatic heterocycles. The predicted molar refractivity (Wildman–Crippen MR) is 99.3 cm³/mol. The van der Waals surface area contributed by atoms with Gasteiger partial charge in [-0.2, -0.15) is 0 Å². The molecule has 2 rings (SSSR count). The summed E-state index contributed by atoms with van der Waals surface area (Å²) in [5.74, 6) is 0.920. The number of aliphatic hydroxyl groups is 1. The summed E-state index contributed by atoms with van der Waals surface area (Å²) < 4.78 is 0. The zero-order valence-corrected chi connectivity index (χ0v) is 16.5. The highest BCUT2D eigenvalue weighted by Gasteiger charge is 2.57. The SMILES string of the molecule is CC(C)=CCC/C(C)=C/[C@@H]1CC[C@]2(C)[C@@H](Br)CC[C@@](C)(O)[C@@H]12. The summed E-state index contributed by atoms with van der Waals surface area (Å²) in [6, 6.07) is 0. The summed E-state index contributed by atoms with van der Waals surface area (Å²) in [7, 11) is 0. The third kappa shape index (κ3) is 3.70. The van der Waals surface area contributed by atoms with Crippen LogP contribution in [0.4, 0.5) is 0 Å². The smallest absolute Gasteiger partial charge is 0.0659 e. The van der Waals surface area contributed by atoms with Crippen LogP contribution < -0.4 is 0 Å². The van der Waals surface area contributed by atoms with Gasteiger partial charge in [-0.1, -0.05) is 46.2 Å². The molecule has 5 atom stereocenters. The van der Waals surface area contributed by atoms with Gasteiger partial charge in [-0.3, -0.25) is 0 Å². The number of fused-ring (bicyclic) bond motifs is 1. The fourth-order valence-corrected chi connectivity index (χ4v) is 5.68. The third-order valence-corrected chi connectivity index (χ3v) is 7.54. The lowest BCUT2D eigenvalue weighted by molar-refractivity contribution is -0.0866. The number of allylic oxidation sites excluding steroid dienone is 4. The Bertz CT molecular complexity index is 458. The average Bonchev–Trinajstić information content (AvgIpc) is 2.74. The number of rotatable bonds is 4. The second-order valence-electron chi connectivity index (χ2n) is 8.38. The number of hydrogen-bond donors (Lipinski definition) is 1. The Morgan fingerprint density at radius 1 is 1.18 bits per heavy atom. The van der Waals surface area contributed by atoms with Crippen LogP contribution in [0.5, 0.6) is 0 Å². The normalized spacial score (nSPS) is 42.1. The first-order valence-electron chi connectivity index (χ1n) is 8.84. The Labute approximate surface area is 145 Å². The third-order valence-electron chi connectivity index (χ3n) is 6.03. The minimum Gasteiger partial charge on any atom is -0.390 e. The van der Waals surface area contributed by atoms with Crippen molar-refractivity contribution in [3.8, 4) is 0 Å². The maximum absolute atomic E-state index is 11.0. The molecule has 1 N–H and O–H groups in total. The largest absolute Gasteiger partial charge is 0.390 e. The fourth-order valence-electron chi connectivity index (χ4n) is 4.93. The molecule has 1 nitrogen and oxygen atoms in total. The van der Waals surface area contributed by atoms with E-state index in [9.17, 15) is 5.11 Å². The van der Waals surface area contributed by atoms with E-state index >= 15 is 0 Å². The first-order chi connectivity index (χ1) is 10.2. The molecular weight excluding hydrogens is 336 g/mol. The molecule has 0 radical (unpaired) electrons. The summed E-state index contributed by atoms with van der Waals surface area (Å²) in [4.78, 5) is 0.551. The summed E-state index contributed by atoms with van der Waals surface area (Å²) in [5.41, 5.74) is 2.61. The Kier molecular flexibility index (Phi) is 5.65.